The summed E-state index contributed by atoms with van der Waals surface area (Å²) < 4.78 is 0. The molecule has 0 bridgehead atoms. The molecular formula is C15H26N2. The fourth-order valence-corrected chi connectivity index (χ4v) is 2.01. The lowest BCUT2D eigenvalue weighted by molar-refractivity contribution is 0.419. The average Bonchev–Trinajstić information content (AvgIpc) is 2.26. The number of nitrogens with zero attached hydrogens (tertiary/aromatic N) is 1. The lowest BCUT2D eigenvalue weighted by Crippen LogP contribution is -2.29. The lowest BCUT2D eigenvalue weighted by atomic mass is 9.96. The van der Waals surface area contributed by atoms with Gasteiger partial charge in [-0.2, -0.15) is 0 Å². The second-order valence-corrected chi connectivity index (χ2v) is 6.02. The third-order valence-electron chi connectivity index (χ3n) is 2.91. The highest BCUT2D eigenvalue weighted by molar-refractivity contribution is 5.47. The first-order valence-electron chi connectivity index (χ1n) is 6.40. The van der Waals surface area contributed by atoms with Gasteiger partial charge < -0.3 is 10.6 Å². The van der Waals surface area contributed by atoms with Crippen LogP contribution in [0.15, 0.2) is 24.3 Å². The molecule has 0 aromatic heterocycles. The minimum absolute atomic E-state index is 0.164. The molecule has 2 nitrogen and oxygen atoms in total. The molecule has 0 aliphatic carbocycles. The molecule has 0 saturated carbocycles. The normalized spacial score (nSPS) is 13.5. The quantitative estimate of drug-likeness (QED) is 0.863. The Morgan fingerprint density at radius 2 is 1.71 bits per heavy atom. The van der Waals surface area contributed by atoms with Crippen LogP contribution in [0.25, 0.3) is 0 Å². The van der Waals surface area contributed by atoms with Crippen molar-refractivity contribution in [3.63, 3.8) is 0 Å². The van der Waals surface area contributed by atoms with Crippen molar-refractivity contribution in [1.29, 1.82) is 0 Å². The van der Waals surface area contributed by atoms with E-state index in [1.165, 1.54) is 11.3 Å². The molecule has 0 saturated heterocycles. The molecule has 1 atom stereocenters. The first kappa shape index (κ1) is 14.0. The fourth-order valence-electron chi connectivity index (χ4n) is 2.01. The van der Waals surface area contributed by atoms with E-state index in [1.54, 1.807) is 0 Å². The fraction of sp³-hybridized carbons (Fsp3) is 0.600. The Morgan fingerprint density at radius 3 is 2.12 bits per heavy atom. The maximum absolute atomic E-state index is 6.01. The van der Waals surface area contributed by atoms with Crippen molar-refractivity contribution in [3.8, 4) is 0 Å². The lowest BCUT2D eigenvalue weighted by Gasteiger charge is -2.28. The number of hydrogen-bond acceptors (Lipinski definition) is 2. The van der Waals surface area contributed by atoms with Crippen LogP contribution in [0, 0.1) is 5.41 Å². The van der Waals surface area contributed by atoms with Gasteiger partial charge in [-0.15, -0.1) is 0 Å². The molecule has 17 heavy (non-hydrogen) atoms. The highest BCUT2D eigenvalue weighted by atomic mass is 15.1. The van der Waals surface area contributed by atoms with Crippen molar-refractivity contribution in [2.75, 3.05) is 18.5 Å². The maximum Gasteiger partial charge on any atom is 0.0363 e. The van der Waals surface area contributed by atoms with E-state index in [2.05, 4.69) is 63.9 Å². The summed E-state index contributed by atoms with van der Waals surface area (Å²) in [5, 5.41) is 0. The van der Waals surface area contributed by atoms with Crippen molar-refractivity contribution >= 4 is 5.69 Å². The second-order valence-electron chi connectivity index (χ2n) is 6.02. The third kappa shape index (κ3) is 4.39. The Kier molecular flexibility index (Phi) is 4.58. The first-order valence-corrected chi connectivity index (χ1v) is 6.40. The Labute approximate surface area is 106 Å². The number of nitrogens with two attached hydrogens (primary N) is 1. The van der Waals surface area contributed by atoms with Gasteiger partial charge in [0.1, 0.15) is 0 Å². The number of anilines is 1. The Hall–Kier alpha value is -1.02. The smallest absolute Gasteiger partial charge is 0.0363 e. The highest BCUT2D eigenvalue weighted by Gasteiger charge is 2.14. The summed E-state index contributed by atoms with van der Waals surface area (Å²) in [6.07, 6.45) is 0.983. The van der Waals surface area contributed by atoms with Crippen molar-refractivity contribution in [2.24, 2.45) is 11.1 Å². The number of hydrogen-bond donors (Lipinski definition) is 1. The molecule has 0 amide bonds. The summed E-state index contributed by atoms with van der Waals surface area (Å²) >= 11 is 0. The topological polar surface area (TPSA) is 29.3 Å². The van der Waals surface area contributed by atoms with Crippen LogP contribution in [0.5, 0.6) is 0 Å². The molecule has 0 fully saturated rings. The molecule has 1 aromatic carbocycles. The minimum atomic E-state index is 0.164. The van der Waals surface area contributed by atoms with Gasteiger partial charge in [0.2, 0.25) is 0 Å². The van der Waals surface area contributed by atoms with Crippen molar-refractivity contribution in [3.05, 3.63) is 29.8 Å². The van der Waals surface area contributed by atoms with Gasteiger partial charge in [0.25, 0.3) is 0 Å². The van der Waals surface area contributed by atoms with Crippen LogP contribution in [0.2, 0.25) is 0 Å². The van der Waals surface area contributed by atoms with E-state index >= 15 is 0 Å². The molecule has 96 valence electrons. The summed E-state index contributed by atoms with van der Waals surface area (Å²) in [7, 11) is 2.14. The Bertz CT molecular complexity index is 335. The van der Waals surface area contributed by atoms with Crippen molar-refractivity contribution in [2.45, 2.75) is 40.2 Å². The predicted octanol–water partition coefficient (Wildman–Crippen LogP) is 3.58. The van der Waals surface area contributed by atoms with E-state index in [4.69, 9.17) is 5.73 Å². The van der Waals surface area contributed by atoms with Gasteiger partial charge in [-0.1, -0.05) is 39.8 Å². The van der Waals surface area contributed by atoms with Gasteiger partial charge in [-0.3, -0.25) is 0 Å². The first-order chi connectivity index (χ1) is 7.83. The molecule has 0 radical (unpaired) electrons. The standard InChI is InChI=1S/C15H26N2/c1-6-14(16)12-7-9-13(10-8-12)17(5)11-15(2,3)4/h7-10,14H,6,11,16H2,1-5H3/t14-/m0/s1. The van der Waals surface area contributed by atoms with Crippen LogP contribution in [-0.2, 0) is 0 Å². The average molecular weight is 234 g/mol. The van der Waals surface area contributed by atoms with Crippen LogP contribution in [-0.4, -0.2) is 13.6 Å². The van der Waals surface area contributed by atoms with Gasteiger partial charge >= 0.3 is 0 Å². The zero-order valence-corrected chi connectivity index (χ0v) is 11.8. The number of rotatable bonds is 4. The van der Waals surface area contributed by atoms with E-state index in [0.717, 1.165) is 13.0 Å². The molecule has 0 spiro atoms. The van der Waals surface area contributed by atoms with E-state index in [9.17, 15) is 0 Å². The van der Waals surface area contributed by atoms with Crippen LogP contribution >= 0.6 is 0 Å². The van der Waals surface area contributed by atoms with Crippen LogP contribution in [0.3, 0.4) is 0 Å². The summed E-state index contributed by atoms with van der Waals surface area (Å²) in [5.74, 6) is 0. The van der Waals surface area contributed by atoms with Gasteiger partial charge in [0, 0.05) is 25.3 Å². The van der Waals surface area contributed by atoms with Crippen LogP contribution < -0.4 is 10.6 Å². The van der Waals surface area contributed by atoms with Crippen LogP contribution in [0.4, 0.5) is 5.69 Å². The molecule has 2 N–H and O–H groups in total. The maximum atomic E-state index is 6.01. The van der Waals surface area contributed by atoms with E-state index in [1.807, 2.05) is 0 Å². The summed E-state index contributed by atoms with van der Waals surface area (Å²) in [5.41, 5.74) is 8.80. The molecule has 0 unspecified atom stereocenters. The van der Waals surface area contributed by atoms with Crippen molar-refractivity contribution < 1.29 is 0 Å². The Balaban J connectivity index is 2.74. The van der Waals surface area contributed by atoms with Gasteiger partial charge in [0.05, 0.1) is 0 Å². The SMILES string of the molecule is CC[C@H](N)c1ccc(N(C)CC(C)(C)C)cc1. The third-order valence-corrected chi connectivity index (χ3v) is 2.91. The summed E-state index contributed by atoms with van der Waals surface area (Å²) in [6.45, 7) is 9.93. The highest BCUT2D eigenvalue weighted by Crippen LogP contribution is 2.22. The molecular weight excluding hydrogens is 208 g/mol. The van der Waals surface area contributed by atoms with Gasteiger partial charge in [-0.25, -0.2) is 0 Å². The van der Waals surface area contributed by atoms with E-state index in [-0.39, 0.29) is 6.04 Å². The second kappa shape index (κ2) is 5.54. The molecule has 0 heterocycles. The monoisotopic (exact) mass is 234 g/mol. The molecule has 0 aliphatic heterocycles. The minimum Gasteiger partial charge on any atom is -0.374 e. The number of benzene rings is 1. The van der Waals surface area contributed by atoms with Crippen LogP contribution in [0.1, 0.15) is 45.7 Å². The molecule has 1 rings (SSSR count). The van der Waals surface area contributed by atoms with Gasteiger partial charge in [-0.05, 0) is 29.5 Å². The van der Waals surface area contributed by atoms with E-state index in [0.29, 0.717) is 5.41 Å². The molecule has 2 heteroatoms. The van der Waals surface area contributed by atoms with Gasteiger partial charge in [0.15, 0.2) is 0 Å². The summed E-state index contributed by atoms with van der Waals surface area (Å²) in [4.78, 5) is 2.29. The predicted molar refractivity (Wildman–Crippen MR) is 76.4 cm³/mol. The zero-order chi connectivity index (χ0) is 13.1. The van der Waals surface area contributed by atoms with E-state index < -0.39 is 0 Å². The molecule has 1 aromatic rings. The molecule has 0 aliphatic rings. The largest absolute Gasteiger partial charge is 0.374 e. The van der Waals surface area contributed by atoms with Crippen molar-refractivity contribution in [1.82, 2.24) is 0 Å². The Morgan fingerprint density at radius 1 is 1.18 bits per heavy atom. The summed E-state index contributed by atoms with van der Waals surface area (Å²) in [6, 6.07) is 8.77. The zero-order valence-electron chi connectivity index (χ0n) is 11.8.